The van der Waals surface area contributed by atoms with Crippen LogP contribution in [0.25, 0.3) is 0 Å². The van der Waals surface area contributed by atoms with Crippen LogP contribution in [0, 0.1) is 11.3 Å². The van der Waals surface area contributed by atoms with E-state index in [0.29, 0.717) is 22.6 Å². The number of imide groups is 1. The number of carbonyl (C=O) groups is 2. The van der Waals surface area contributed by atoms with E-state index >= 15 is 0 Å². The molecule has 0 saturated heterocycles. The molecule has 0 unspecified atom stereocenters. The minimum absolute atomic E-state index is 0.356. The predicted octanol–water partition coefficient (Wildman–Crippen LogP) is 3.79. The second-order valence-electron chi connectivity index (χ2n) is 7.23. The molecule has 2 aromatic carbocycles. The van der Waals surface area contributed by atoms with Crippen molar-refractivity contribution in [3.63, 3.8) is 0 Å². The van der Waals surface area contributed by atoms with Gasteiger partial charge in [0, 0.05) is 5.56 Å². The Morgan fingerprint density at radius 2 is 1.74 bits per heavy atom. The maximum atomic E-state index is 13.4. The Bertz CT molecular complexity index is 938. The first-order valence-corrected chi connectivity index (χ1v) is 8.47. The van der Waals surface area contributed by atoms with Gasteiger partial charge in [0.05, 0.1) is 18.9 Å². The second kappa shape index (κ2) is 6.44. The SMILES string of the molecule is COc1ccc([C@@]2(C#N)C(=O)N(C(=O)OC(C)(C)C)c3ccccc32)cc1. The van der Waals surface area contributed by atoms with Gasteiger partial charge in [0.15, 0.2) is 5.41 Å². The van der Waals surface area contributed by atoms with Crippen LogP contribution in [-0.2, 0) is 14.9 Å². The summed E-state index contributed by atoms with van der Waals surface area (Å²) in [6, 6.07) is 15.6. The third-order valence-electron chi connectivity index (χ3n) is 4.34. The average molecular weight is 364 g/mol. The van der Waals surface area contributed by atoms with Crippen LogP contribution in [0.15, 0.2) is 48.5 Å². The topological polar surface area (TPSA) is 79.6 Å². The summed E-state index contributed by atoms with van der Waals surface area (Å²) in [5.74, 6) is -0.0415. The first kappa shape index (κ1) is 18.5. The van der Waals surface area contributed by atoms with E-state index in [1.807, 2.05) is 0 Å². The molecule has 0 aliphatic carbocycles. The van der Waals surface area contributed by atoms with Crippen LogP contribution in [0.1, 0.15) is 31.9 Å². The molecule has 0 spiro atoms. The van der Waals surface area contributed by atoms with Crippen molar-refractivity contribution in [3.05, 3.63) is 59.7 Å². The summed E-state index contributed by atoms with van der Waals surface area (Å²) in [5.41, 5.74) is -1.12. The number of para-hydroxylation sites is 1. The van der Waals surface area contributed by atoms with Crippen molar-refractivity contribution in [1.82, 2.24) is 0 Å². The van der Waals surface area contributed by atoms with E-state index in [-0.39, 0.29) is 0 Å². The maximum absolute atomic E-state index is 13.4. The van der Waals surface area contributed by atoms with E-state index in [1.165, 1.54) is 7.11 Å². The number of rotatable bonds is 2. The van der Waals surface area contributed by atoms with Crippen molar-refractivity contribution < 1.29 is 19.1 Å². The lowest BCUT2D eigenvalue weighted by molar-refractivity contribution is -0.120. The van der Waals surface area contributed by atoms with Gasteiger partial charge < -0.3 is 9.47 Å². The highest BCUT2D eigenvalue weighted by Crippen LogP contribution is 2.46. The molecule has 2 amide bonds. The van der Waals surface area contributed by atoms with Crippen LogP contribution in [0.4, 0.5) is 10.5 Å². The van der Waals surface area contributed by atoms with Gasteiger partial charge in [0.25, 0.3) is 5.91 Å². The summed E-state index contributed by atoms with van der Waals surface area (Å²) in [6.45, 7) is 5.16. The van der Waals surface area contributed by atoms with Crippen LogP contribution in [0.5, 0.6) is 5.75 Å². The Morgan fingerprint density at radius 1 is 1.11 bits per heavy atom. The molecule has 0 N–H and O–H groups in total. The molecule has 1 aliphatic rings. The van der Waals surface area contributed by atoms with E-state index in [9.17, 15) is 14.9 Å². The van der Waals surface area contributed by atoms with Crippen LogP contribution < -0.4 is 9.64 Å². The molecule has 138 valence electrons. The fourth-order valence-electron chi connectivity index (χ4n) is 3.16. The van der Waals surface area contributed by atoms with Gasteiger partial charge in [-0.2, -0.15) is 5.26 Å². The van der Waals surface area contributed by atoms with Gasteiger partial charge >= 0.3 is 6.09 Å². The van der Waals surface area contributed by atoms with Gasteiger partial charge in [-0.25, -0.2) is 9.69 Å². The van der Waals surface area contributed by atoms with Crippen LogP contribution in [0.3, 0.4) is 0 Å². The number of fused-ring (bicyclic) bond motifs is 1. The summed E-state index contributed by atoms with van der Waals surface area (Å²) in [5, 5.41) is 10.1. The Balaban J connectivity index is 2.17. The Labute approximate surface area is 157 Å². The van der Waals surface area contributed by atoms with E-state index in [2.05, 4.69) is 6.07 Å². The maximum Gasteiger partial charge on any atom is 0.421 e. The van der Waals surface area contributed by atoms with E-state index in [1.54, 1.807) is 69.3 Å². The summed E-state index contributed by atoms with van der Waals surface area (Å²) in [6.07, 6.45) is -0.800. The quantitative estimate of drug-likeness (QED) is 0.810. The summed E-state index contributed by atoms with van der Waals surface area (Å²) >= 11 is 0. The van der Waals surface area contributed by atoms with Crippen molar-refractivity contribution in [1.29, 1.82) is 5.26 Å². The molecule has 0 bridgehead atoms. The molecule has 0 radical (unpaired) electrons. The normalized spacial score (nSPS) is 18.6. The fraction of sp³-hybridized carbons (Fsp3) is 0.286. The second-order valence-corrected chi connectivity index (χ2v) is 7.23. The largest absolute Gasteiger partial charge is 0.497 e. The van der Waals surface area contributed by atoms with Crippen LogP contribution >= 0.6 is 0 Å². The van der Waals surface area contributed by atoms with E-state index in [4.69, 9.17) is 9.47 Å². The number of ether oxygens (including phenoxy) is 2. The molecule has 0 aromatic heterocycles. The highest BCUT2D eigenvalue weighted by atomic mass is 16.6. The number of hydrogen-bond donors (Lipinski definition) is 0. The molecular formula is C21H20N2O4. The number of anilines is 1. The third kappa shape index (κ3) is 2.91. The minimum atomic E-state index is -1.63. The van der Waals surface area contributed by atoms with Crippen molar-refractivity contribution in [2.75, 3.05) is 12.0 Å². The molecule has 6 nitrogen and oxygen atoms in total. The molecule has 0 fully saturated rings. The first-order valence-electron chi connectivity index (χ1n) is 8.47. The molecule has 1 atom stereocenters. The van der Waals surface area contributed by atoms with Crippen molar-refractivity contribution in [2.24, 2.45) is 0 Å². The third-order valence-corrected chi connectivity index (χ3v) is 4.34. The van der Waals surface area contributed by atoms with Gasteiger partial charge in [0.2, 0.25) is 0 Å². The standard InChI is InChI=1S/C21H20N2O4/c1-20(2,3)27-19(25)23-17-8-6-5-7-16(17)21(13-22,18(23)24)14-9-11-15(26-4)12-10-14/h5-12H,1-4H3/t21-/m1/s1. The molecule has 0 saturated carbocycles. The van der Waals surface area contributed by atoms with E-state index in [0.717, 1.165) is 4.90 Å². The molecule has 2 aromatic rings. The summed E-state index contributed by atoms with van der Waals surface area (Å²) in [4.78, 5) is 27.0. The average Bonchev–Trinajstić information content (AvgIpc) is 2.89. The number of methoxy groups -OCH3 is 1. The van der Waals surface area contributed by atoms with Crippen molar-refractivity contribution >= 4 is 17.7 Å². The van der Waals surface area contributed by atoms with Crippen LogP contribution in [-0.4, -0.2) is 24.7 Å². The number of nitrogens with zero attached hydrogens (tertiary/aromatic N) is 2. The Hall–Kier alpha value is -3.33. The summed E-state index contributed by atoms with van der Waals surface area (Å²) < 4.78 is 10.6. The highest BCUT2D eigenvalue weighted by molar-refractivity contribution is 6.23. The fourth-order valence-corrected chi connectivity index (χ4v) is 3.16. The van der Waals surface area contributed by atoms with Gasteiger partial charge in [-0.05, 0) is 44.5 Å². The summed E-state index contributed by atoms with van der Waals surface area (Å²) in [7, 11) is 1.54. The highest BCUT2D eigenvalue weighted by Gasteiger charge is 2.55. The van der Waals surface area contributed by atoms with E-state index < -0.39 is 23.0 Å². The van der Waals surface area contributed by atoms with Gasteiger partial charge in [-0.15, -0.1) is 0 Å². The Kier molecular flexibility index (Phi) is 4.40. The van der Waals surface area contributed by atoms with Crippen LogP contribution in [0.2, 0.25) is 0 Å². The number of hydrogen-bond acceptors (Lipinski definition) is 5. The van der Waals surface area contributed by atoms with Gasteiger partial charge in [-0.3, -0.25) is 4.79 Å². The molecule has 1 aliphatic heterocycles. The lowest BCUT2D eigenvalue weighted by atomic mass is 9.76. The number of carbonyl (C=O) groups excluding carboxylic acids is 2. The zero-order valence-electron chi connectivity index (χ0n) is 15.6. The van der Waals surface area contributed by atoms with Gasteiger partial charge in [0.1, 0.15) is 11.4 Å². The van der Waals surface area contributed by atoms with Gasteiger partial charge in [-0.1, -0.05) is 30.3 Å². The number of benzene rings is 2. The zero-order chi connectivity index (χ0) is 19.8. The lowest BCUT2D eigenvalue weighted by Crippen LogP contribution is -2.45. The first-order chi connectivity index (χ1) is 12.7. The monoisotopic (exact) mass is 364 g/mol. The molecular weight excluding hydrogens is 344 g/mol. The molecule has 27 heavy (non-hydrogen) atoms. The molecule has 6 heteroatoms. The lowest BCUT2D eigenvalue weighted by Gasteiger charge is -2.25. The minimum Gasteiger partial charge on any atom is -0.497 e. The number of nitriles is 1. The molecule has 1 heterocycles. The number of amides is 2. The van der Waals surface area contributed by atoms with Crippen molar-refractivity contribution in [3.8, 4) is 11.8 Å². The Morgan fingerprint density at radius 3 is 2.30 bits per heavy atom. The smallest absolute Gasteiger partial charge is 0.421 e. The predicted molar refractivity (Wildman–Crippen MR) is 99.5 cm³/mol. The van der Waals surface area contributed by atoms with Crippen molar-refractivity contribution in [2.45, 2.75) is 31.8 Å². The zero-order valence-corrected chi connectivity index (χ0v) is 15.6. The molecule has 3 rings (SSSR count).